The molecule has 0 unspecified atom stereocenters. The number of rotatable bonds is 3. The van der Waals surface area contributed by atoms with Gasteiger partial charge in [-0.05, 0) is 104 Å². The summed E-state index contributed by atoms with van der Waals surface area (Å²) < 4.78 is 7.86. The number of aromatic nitrogens is 1. The van der Waals surface area contributed by atoms with Gasteiger partial charge in [0.25, 0.3) is 0 Å². The maximum atomic E-state index is 3.94. The Morgan fingerprint density at radius 1 is 0.533 bits per heavy atom. The minimum absolute atomic E-state index is 0.0858. The van der Waals surface area contributed by atoms with E-state index in [1.165, 1.54) is 118 Å². The Morgan fingerprint density at radius 2 is 1.20 bits per heavy atom. The van der Waals surface area contributed by atoms with E-state index < -0.39 is 0 Å². The van der Waals surface area contributed by atoms with Gasteiger partial charge < -0.3 is 9.88 Å². The van der Waals surface area contributed by atoms with Gasteiger partial charge in [-0.2, -0.15) is 0 Å². The van der Waals surface area contributed by atoms with Crippen molar-refractivity contribution in [1.29, 1.82) is 0 Å². The molecule has 1 N–H and O–H groups in total. The third-order valence-corrected chi connectivity index (χ3v) is 15.8. The molecule has 0 atom stereocenters. The molecule has 1 aliphatic heterocycles. The summed E-state index contributed by atoms with van der Waals surface area (Å²) >= 11 is 3.77. The van der Waals surface area contributed by atoms with Gasteiger partial charge in [-0.15, -0.1) is 22.7 Å². The topological polar surface area (TPSA) is 17.0 Å². The second-order valence-electron chi connectivity index (χ2n) is 18.4. The van der Waals surface area contributed by atoms with E-state index >= 15 is 0 Å². The van der Waals surface area contributed by atoms with Gasteiger partial charge in [-0.3, -0.25) is 0 Å². The lowest BCUT2D eigenvalue weighted by atomic mass is 9.59. The van der Waals surface area contributed by atoms with Crippen LogP contribution in [0.5, 0.6) is 0 Å². The van der Waals surface area contributed by atoms with E-state index in [1.54, 1.807) is 0 Å². The number of fused-ring (bicyclic) bond motifs is 14. The molecule has 13 rings (SSSR count). The van der Waals surface area contributed by atoms with Gasteiger partial charge in [0.15, 0.2) is 7.28 Å². The first-order chi connectivity index (χ1) is 29.1. The molecular weight excluding hydrogens is 764 g/mol. The highest BCUT2D eigenvalue weighted by Gasteiger charge is 2.37. The molecule has 2 nitrogen and oxygen atoms in total. The van der Waals surface area contributed by atoms with E-state index in [4.69, 9.17) is 0 Å². The molecule has 11 aromatic rings. The van der Waals surface area contributed by atoms with Crippen molar-refractivity contribution in [1.82, 2.24) is 4.57 Å². The summed E-state index contributed by atoms with van der Waals surface area (Å²) in [5.41, 5.74) is 17.8. The zero-order valence-corrected chi connectivity index (χ0v) is 35.8. The molecule has 8 aromatic carbocycles. The minimum atomic E-state index is -0.103. The van der Waals surface area contributed by atoms with E-state index in [0.29, 0.717) is 0 Å². The predicted octanol–water partition coefficient (Wildman–Crippen LogP) is 14.5. The average molecular weight is 804 g/mol. The third-order valence-electron chi connectivity index (χ3n) is 13.6. The van der Waals surface area contributed by atoms with E-state index in [9.17, 15) is 0 Å². The average Bonchev–Trinajstić information content (AvgIpc) is 3.96. The molecule has 5 heteroatoms. The molecule has 1 aliphatic carbocycles. The number of hydrogen-bond acceptors (Lipinski definition) is 3. The van der Waals surface area contributed by atoms with Crippen molar-refractivity contribution in [3.8, 4) is 27.9 Å². The third kappa shape index (κ3) is 4.76. The molecule has 60 heavy (non-hydrogen) atoms. The normalized spacial score (nSPS) is 14.0. The van der Waals surface area contributed by atoms with Crippen LogP contribution in [0.4, 0.5) is 11.4 Å². The van der Waals surface area contributed by atoms with Gasteiger partial charge in [0.2, 0.25) is 0 Å². The van der Waals surface area contributed by atoms with E-state index in [1.807, 2.05) is 22.7 Å². The van der Waals surface area contributed by atoms with E-state index in [2.05, 4.69) is 197 Å². The van der Waals surface area contributed by atoms with Crippen LogP contribution in [0.3, 0.4) is 0 Å². The van der Waals surface area contributed by atoms with Crippen molar-refractivity contribution in [2.45, 2.75) is 45.4 Å². The number of nitrogens with zero attached hydrogens (tertiary/aromatic N) is 1. The first-order valence-electron chi connectivity index (χ1n) is 21.0. The summed E-state index contributed by atoms with van der Waals surface area (Å²) in [4.78, 5) is 0. The van der Waals surface area contributed by atoms with Crippen molar-refractivity contribution in [2.24, 2.45) is 0 Å². The van der Waals surface area contributed by atoms with Gasteiger partial charge in [-0.25, -0.2) is 0 Å². The molecule has 0 saturated heterocycles. The van der Waals surface area contributed by atoms with Gasteiger partial charge in [0, 0.05) is 79.3 Å². The fourth-order valence-corrected chi connectivity index (χ4v) is 12.8. The zero-order chi connectivity index (χ0) is 40.2. The van der Waals surface area contributed by atoms with Crippen molar-refractivity contribution < 1.29 is 0 Å². The number of anilines is 2. The first kappa shape index (κ1) is 34.7. The summed E-state index contributed by atoms with van der Waals surface area (Å²) in [5, 5.41) is 11.8. The molecule has 1 radical (unpaired) electrons. The predicted molar refractivity (Wildman–Crippen MR) is 263 cm³/mol. The van der Waals surface area contributed by atoms with Crippen molar-refractivity contribution in [3.63, 3.8) is 0 Å². The molecular formula is C55H40BN2S2. The Bertz CT molecular complexity index is 3670. The first-order valence-corrected chi connectivity index (χ1v) is 22.6. The van der Waals surface area contributed by atoms with E-state index in [0.717, 1.165) is 11.4 Å². The lowest BCUT2D eigenvalue weighted by molar-refractivity contribution is 0.590. The van der Waals surface area contributed by atoms with Gasteiger partial charge >= 0.3 is 0 Å². The van der Waals surface area contributed by atoms with Crippen LogP contribution in [0.1, 0.15) is 51.3 Å². The van der Waals surface area contributed by atoms with Crippen molar-refractivity contribution in [2.75, 3.05) is 5.32 Å². The molecule has 0 spiro atoms. The molecule has 3 aromatic heterocycles. The maximum absolute atomic E-state index is 3.94. The lowest BCUT2D eigenvalue weighted by Crippen LogP contribution is -2.37. The largest absolute Gasteiger partial charge is 0.355 e. The molecule has 285 valence electrons. The monoisotopic (exact) mass is 803 g/mol. The number of benzene rings is 8. The van der Waals surface area contributed by atoms with Crippen LogP contribution in [0, 0.1) is 0 Å². The highest BCUT2D eigenvalue weighted by Crippen LogP contribution is 2.52. The quantitative estimate of drug-likeness (QED) is 0.176. The summed E-state index contributed by atoms with van der Waals surface area (Å²) in [6.45, 7) is 11.6. The second-order valence-corrected chi connectivity index (χ2v) is 20.6. The standard InChI is InChI=1S/C55H40BN2S2/c1-54(2,3)30-18-20-31(21-19-30)57-45-28-50-40(33-13-7-10-16-48(33)59-50)25-38(45)35-22-23-36-39-24-37-32-12-6-9-15-42(32)55(4,5)43(37)27-46(39)58-47-29-51-41(26-44(47)56-52(35)53(36)58)34-14-8-11-17-49(34)60-51/h6-29,57H,1-5H3. The number of hydrogen-bond donors (Lipinski definition) is 1. The number of nitrogens with one attached hydrogen (secondary N) is 1. The molecule has 0 amide bonds. The van der Waals surface area contributed by atoms with Crippen molar-refractivity contribution >= 4 is 114 Å². The highest BCUT2D eigenvalue weighted by molar-refractivity contribution is 7.26. The van der Waals surface area contributed by atoms with Crippen LogP contribution in [-0.2, 0) is 10.8 Å². The van der Waals surface area contributed by atoms with Crippen LogP contribution in [0.25, 0.3) is 90.1 Å². The Hall–Kier alpha value is -6.14. The van der Waals surface area contributed by atoms with Crippen LogP contribution in [0.2, 0.25) is 0 Å². The fourth-order valence-electron chi connectivity index (χ4n) is 10.5. The smallest absolute Gasteiger partial charge is 0.197 e. The van der Waals surface area contributed by atoms with Gasteiger partial charge in [0.05, 0.1) is 5.52 Å². The summed E-state index contributed by atoms with van der Waals surface area (Å²) in [6.07, 6.45) is 0. The summed E-state index contributed by atoms with van der Waals surface area (Å²) in [6, 6.07) is 55.3. The fraction of sp³-hybridized carbons (Fsp3) is 0.127. The molecule has 0 fully saturated rings. The Kier molecular flexibility index (Phi) is 6.94. The molecule has 0 bridgehead atoms. The molecule has 4 heterocycles. The molecule has 2 aliphatic rings. The Morgan fingerprint density at radius 3 is 1.95 bits per heavy atom. The number of thiophene rings is 2. The van der Waals surface area contributed by atoms with Crippen molar-refractivity contribution in [3.05, 3.63) is 162 Å². The van der Waals surface area contributed by atoms with E-state index in [-0.39, 0.29) is 10.8 Å². The van der Waals surface area contributed by atoms with Gasteiger partial charge in [0.1, 0.15) is 0 Å². The van der Waals surface area contributed by atoms with Crippen LogP contribution >= 0.6 is 22.7 Å². The molecule has 0 saturated carbocycles. The lowest BCUT2D eigenvalue weighted by Gasteiger charge is -2.25. The van der Waals surface area contributed by atoms with Gasteiger partial charge in [-0.1, -0.05) is 131 Å². The summed E-state index contributed by atoms with van der Waals surface area (Å²) in [7, 11) is 2.49. The van der Waals surface area contributed by atoms with Crippen LogP contribution in [0.15, 0.2) is 146 Å². The SMILES string of the molecule is CC(C)(C)c1ccc(Nc2cc3sc4ccccc4c3cc2-c2ccc3c4cc5c(cc4n4c3c2[B]c2cc3c(cc2-4)sc2ccccc23)C(C)(C)c2ccccc2-5)cc1. The summed E-state index contributed by atoms with van der Waals surface area (Å²) in [5.74, 6) is 0. The van der Waals surface area contributed by atoms with Crippen LogP contribution < -0.4 is 16.2 Å². The minimum Gasteiger partial charge on any atom is -0.355 e. The second kappa shape index (κ2) is 12.0. The Balaban J connectivity index is 1.11. The van der Waals surface area contributed by atoms with Crippen LogP contribution in [-0.4, -0.2) is 11.8 Å². The maximum Gasteiger partial charge on any atom is 0.197 e. The Labute approximate surface area is 358 Å². The highest BCUT2D eigenvalue weighted by atomic mass is 32.1. The zero-order valence-electron chi connectivity index (χ0n) is 34.2.